The number of rotatable bonds is 7. The van der Waals surface area contributed by atoms with Crippen LogP contribution in [0.15, 0.2) is 24.3 Å². The molecule has 0 bridgehead atoms. The topological polar surface area (TPSA) is 55.8 Å². The number of carbonyl (C=O) groups is 1. The van der Waals surface area contributed by atoms with Crippen molar-refractivity contribution in [1.82, 2.24) is 0 Å². The van der Waals surface area contributed by atoms with Crippen LogP contribution >= 0.6 is 0 Å². The van der Waals surface area contributed by atoms with Crippen molar-refractivity contribution < 1.29 is 19.4 Å². The molecule has 0 saturated heterocycles. The average molecular weight is 292 g/mol. The maximum Gasteiger partial charge on any atom is 0.307 e. The summed E-state index contributed by atoms with van der Waals surface area (Å²) in [4.78, 5) is 11.1. The SMILES string of the molecule is COc1ccc(COCC[C@@H]2C[C@H](C(=O)O)C2(C)C)cc1. The Bertz CT molecular complexity index is 478. The van der Waals surface area contributed by atoms with Gasteiger partial charge >= 0.3 is 5.97 Å². The molecule has 2 rings (SSSR count). The first-order valence-corrected chi connectivity index (χ1v) is 7.38. The third-order valence-corrected chi connectivity index (χ3v) is 4.81. The van der Waals surface area contributed by atoms with Crippen LogP contribution in [-0.2, 0) is 16.1 Å². The normalized spacial score (nSPS) is 23.4. The van der Waals surface area contributed by atoms with Crippen LogP contribution in [0.2, 0.25) is 0 Å². The van der Waals surface area contributed by atoms with E-state index in [-0.39, 0.29) is 11.3 Å². The summed E-state index contributed by atoms with van der Waals surface area (Å²) >= 11 is 0. The molecule has 1 N–H and O–H groups in total. The number of carboxylic acid groups (broad SMARTS) is 1. The van der Waals surface area contributed by atoms with Crippen molar-refractivity contribution in [1.29, 1.82) is 0 Å². The molecule has 0 unspecified atom stereocenters. The van der Waals surface area contributed by atoms with Crippen molar-refractivity contribution in [3.8, 4) is 5.75 Å². The molecule has 4 heteroatoms. The zero-order valence-corrected chi connectivity index (χ0v) is 13.0. The van der Waals surface area contributed by atoms with Crippen molar-refractivity contribution in [3.63, 3.8) is 0 Å². The molecular weight excluding hydrogens is 268 g/mol. The Kier molecular flexibility index (Phi) is 4.88. The summed E-state index contributed by atoms with van der Waals surface area (Å²) in [5.41, 5.74) is 1.00. The predicted molar refractivity (Wildman–Crippen MR) is 80.3 cm³/mol. The molecule has 1 fully saturated rings. The minimum Gasteiger partial charge on any atom is -0.497 e. The number of methoxy groups -OCH3 is 1. The van der Waals surface area contributed by atoms with E-state index in [1.165, 1.54) is 0 Å². The van der Waals surface area contributed by atoms with Crippen LogP contribution in [0.5, 0.6) is 5.75 Å². The van der Waals surface area contributed by atoms with Crippen molar-refractivity contribution in [3.05, 3.63) is 29.8 Å². The number of hydrogen-bond acceptors (Lipinski definition) is 3. The molecule has 2 atom stereocenters. The zero-order valence-electron chi connectivity index (χ0n) is 13.0. The van der Waals surface area contributed by atoms with E-state index >= 15 is 0 Å². The average Bonchev–Trinajstić information content (AvgIpc) is 2.45. The van der Waals surface area contributed by atoms with Gasteiger partial charge in [0, 0.05) is 6.61 Å². The zero-order chi connectivity index (χ0) is 15.5. The Morgan fingerprint density at radius 3 is 2.52 bits per heavy atom. The van der Waals surface area contributed by atoms with Gasteiger partial charge in [0.1, 0.15) is 5.75 Å². The summed E-state index contributed by atoms with van der Waals surface area (Å²) < 4.78 is 10.8. The van der Waals surface area contributed by atoms with Gasteiger partial charge in [-0.3, -0.25) is 4.79 Å². The minimum atomic E-state index is -0.671. The monoisotopic (exact) mass is 292 g/mol. The van der Waals surface area contributed by atoms with Crippen LogP contribution in [0.4, 0.5) is 0 Å². The molecule has 4 nitrogen and oxygen atoms in total. The molecule has 1 aromatic rings. The van der Waals surface area contributed by atoms with Crippen LogP contribution in [0.25, 0.3) is 0 Å². The molecule has 1 aliphatic rings. The van der Waals surface area contributed by atoms with Crippen LogP contribution in [0.3, 0.4) is 0 Å². The van der Waals surface area contributed by atoms with E-state index in [4.69, 9.17) is 14.6 Å². The lowest BCUT2D eigenvalue weighted by atomic mass is 9.54. The van der Waals surface area contributed by atoms with Gasteiger partial charge in [0.05, 0.1) is 19.6 Å². The molecule has 0 spiro atoms. The van der Waals surface area contributed by atoms with Crippen LogP contribution in [0, 0.1) is 17.3 Å². The van der Waals surface area contributed by atoms with Gasteiger partial charge in [-0.05, 0) is 41.9 Å². The van der Waals surface area contributed by atoms with Gasteiger partial charge in [-0.15, -0.1) is 0 Å². The van der Waals surface area contributed by atoms with E-state index in [9.17, 15) is 4.79 Å². The lowest BCUT2D eigenvalue weighted by Crippen LogP contribution is -2.49. The summed E-state index contributed by atoms with van der Waals surface area (Å²) in [6, 6.07) is 7.83. The molecule has 1 saturated carbocycles. The molecule has 0 aliphatic heterocycles. The van der Waals surface area contributed by atoms with Gasteiger partial charge < -0.3 is 14.6 Å². The van der Waals surface area contributed by atoms with Crippen LogP contribution in [-0.4, -0.2) is 24.8 Å². The number of aliphatic carboxylic acids is 1. The van der Waals surface area contributed by atoms with E-state index in [1.54, 1.807) is 7.11 Å². The fourth-order valence-electron chi connectivity index (χ4n) is 3.06. The van der Waals surface area contributed by atoms with E-state index in [2.05, 4.69) is 0 Å². The molecule has 1 aliphatic carbocycles. The quantitative estimate of drug-likeness (QED) is 0.783. The van der Waals surface area contributed by atoms with Crippen molar-refractivity contribution >= 4 is 5.97 Å². The largest absolute Gasteiger partial charge is 0.497 e. The third kappa shape index (κ3) is 3.56. The molecule has 116 valence electrons. The van der Waals surface area contributed by atoms with E-state index in [0.29, 0.717) is 19.1 Å². The standard InChI is InChI=1S/C17H24O4/c1-17(2)13(10-15(17)16(18)19)8-9-21-11-12-4-6-14(20-3)7-5-12/h4-7,13,15H,8-11H2,1-3H3,(H,18,19)/t13-,15-/m1/s1. The third-order valence-electron chi connectivity index (χ3n) is 4.81. The van der Waals surface area contributed by atoms with Gasteiger partial charge in [0.15, 0.2) is 0 Å². The highest BCUT2D eigenvalue weighted by Crippen LogP contribution is 2.52. The van der Waals surface area contributed by atoms with Crippen LogP contribution in [0.1, 0.15) is 32.3 Å². The van der Waals surface area contributed by atoms with E-state index < -0.39 is 5.97 Å². The molecule has 0 aromatic heterocycles. The summed E-state index contributed by atoms with van der Waals surface area (Å²) in [6.45, 7) is 5.35. The minimum absolute atomic E-state index is 0.116. The Labute approximate surface area is 126 Å². The van der Waals surface area contributed by atoms with Crippen molar-refractivity contribution in [2.75, 3.05) is 13.7 Å². The number of ether oxygens (including phenoxy) is 2. The highest BCUT2D eigenvalue weighted by molar-refractivity contribution is 5.72. The van der Waals surface area contributed by atoms with Crippen molar-refractivity contribution in [2.45, 2.75) is 33.3 Å². The molecule has 0 amide bonds. The van der Waals surface area contributed by atoms with Crippen molar-refractivity contribution in [2.24, 2.45) is 17.3 Å². The first-order chi connectivity index (χ1) is 9.95. The maximum absolute atomic E-state index is 11.1. The predicted octanol–water partition coefficient (Wildman–Crippen LogP) is 3.35. The number of carboxylic acids is 1. The summed E-state index contributed by atoms with van der Waals surface area (Å²) in [6.07, 6.45) is 1.70. The summed E-state index contributed by atoms with van der Waals surface area (Å²) in [5, 5.41) is 9.11. The number of benzene rings is 1. The summed E-state index contributed by atoms with van der Waals surface area (Å²) in [5.74, 6) is 0.406. The van der Waals surface area contributed by atoms with Gasteiger partial charge in [0.25, 0.3) is 0 Å². The highest BCUT2D eigenvalue weighted by Gasteiger charge is 2.51. The Hall–Kier alpha value is -1.55. The smallest absolute Gasteiger partial charge is 0.307 e. The second kappa shape index (κ2) is 6.48. The first-order valence-electron chi connectivity index (χ1n) is 7.38. The molecule has 21 heavy (non-hydrogen) atoms. The Balaban J connectivity index is 1.69. The summed E-state index contributed by atoms with van der Waals surface area (Å²) in [7, 11) is 1.65. The second-order valence-electron chi connectivity index (χ2n) is 6.33. The van der Waals surface area contributed by atoms with E-state index in [1.807, 2.05) is 38.1 Å². The Morgan fingerprint density at radius 2 is 2.00 bits per heavy atom. The lowest BCUT2D eigenvalue weighted by Gasteiger charge is -2.50. The fourth-order valence-corrected chi connectivity index (χ4v) is 3.06. The molecule has 1 aromatic carbocycles. The highest BCUT2D eigenvalue weighted by atomic mass is 16.5. The molecule has 0 radical (unpaired) electrons. The van der Waals surface area contributed by atoms with Gasteiger partial charge in [-0.1, -0.05) is 26.0 Å². The number of hydrogen-bond donors (Lipinski definition) is 1. The maximum atomic E-state index is 11.1. The Morgan fingerprint density at radius 1 is 1.33 bits per heavy atom. The first kappa shape index (κ1) is 15.8. The van der Waals surface area contributed by atoms with Crippen LogP contribution < -0.4 is 4.74 Å². The van der Waals surface area contributed by atoms with E-state index in [0.717, 1.165) is 24.2 Å². The fraction of sp³-hybridized carbons (Fsp3) is 0.588. The molecule has 0 heterocycles. The van der Waals surface area contributed by atoms with Gasteiger partial charge in [0.2, 0.25) is 0 Å². The van der Waals surface area contributed by atoms with Gasteiger partial charge in [-0.2, -0.15) is 0 Å². The second-order valence-corrected chi connectivity index (χ2v) is 6.33. The van der Waals surface area contributed by atoms with Gasteiger partial charge in [-0.25, -0.2) is 0 Å². The molecular formula is C17H24O4. The lowest BCUT2D eigenvalue weighted by molar-refractivity contribution is -0.160.